The van der Waals surface area contributed by atoms with Gasteiger partial charge in [-0.2, -0.15) is 0 Å². The van der Waals surface area contributed by atoms with Gasteiger partial charge in [-0.25, -0.2) is 0 Å². The summed E-state index contributed by atoms with van der Waals surface area (Å²) in [7, 11) is 3.55. The molecule has 0 aromatic heterocycles. The van der Waals surface area contributed by atoms with Gasteiger partial charge in [-0.3, -0.25) is 4.79 Å². The SMILES string of the molecule is Cc1cc(OCc2ccccc2)ccc1CC(=O)N(C)C. The molecule has 2 aromatic carbocycles. The first kappa shape index (κ1) is 15.1. The predicted octanol–water partition coefficient (Wildman–Crippen LogP) is 3.20. The molecule has 0 saturated heterocycles. The van der Waals surface area contributed by atoms with E-state index in [1.54, 1.807) is 19.0 Å². The molecule has 3 nitrogen and oxygen atoms in total. The van der Waals surface area contributed by atoms with Crippen LogP contribution in [0.15, 0.2) is 48.5 Å². The van der Waals surface area contributed by atoms with Crippen molar-refractivity contribution in [1.29, 1.82) is 0 Å². The molecule has 0 unspecified atom stereocenters. The normalized spacial score (nSPS) is 10.2. The molecular formula is C18H21NO2. The topological polar surface area (TPSA) is 29.5 Å². The standard InChI is InChI=1S/C18H21NO2/c1-14-11-17(21-13-15-7-5-4-6-8-15)10-9-16(14)12-18(20)19(2)3/h4-11H,12-13H2,1-3H3. The third-order valence-corrected chi connectivity index (χ3v) is 3.40. The number of ether oxygens (including phenoxy) is 1. The average molecular weight is 283 g/mol. The minimum Gasteiger partial charge on any atom is -0.489 e. The van der Waals surface area contributed by atoms with Crippen molar-refractivity contribution in [3.63, 3.8) is 0 Å². The van der Waals surface area contributed by atoms with Gasteiger partial charge in [0.15, 0.2) is 0 Å². The van der Waals surface area contributed by atoms with Crippen molar-refractivity contribution in [2.45, 2.75) is 20.0 Å². The highest BCUT2D eigenvalue weighted by Gasteiger charge is 2.08. The van der Waals surface area contributed by atoms with Crippen LogP contribution in [0.5, 0.6) is 5.75 Å². The third kappa shape index (κ3) is 4.35. The molecular weight excluding hydrogens is 262 g/mol. The fourth-order valence-corrected chi connectivity index (χ4v) is 2.02. The van der Waals surface area contributed by atoms with Crippen molar-refractivity contribution in [3.8, 4) is 5.75 Å². The van der Waals surface area contributed by atoms with Crippen molar-refractivity contribution in [3.05, 3.63) is 65.2 Å². The number of nitrogens with zero attached hydrogens (tertiary/aromatic N) is 1. The number of benzene rings is 2. The second-order valence-electron chi connectivity index (χ2n) is 5.33. The molecule has 3 heteroatoms. The zero-order chi connectivity index (χ0) is 15.2. The largest absolute Gasteiger partial charge is 0.489 e. The van der Waals surface area contributed by atoms with E-state index in [2.05, 4.69) is 0 Å². The Balaban J connectivity index is 2.00. The van der Waals surface area contributed by atoms with E-state index in [0.717, 1.165) is 22.4 Å². The van der Waals surface area contributed by atoms with Crippen LogP contribution in [0.25, 0.3) is 0 Å². The van der Waals surface area contributed by atoms with E-state index in [9.17, 15) is 4.79 Å². The van der Waals surface area contributed by atoms with Gasteiger partial charge in [0.25, 0.3) is 0 Å². The lowest BCUT2D eigenvalue weighted by Gasteiger charge is -2.13. The Hall–Kier alpha value is -2.29. The first-order chi connectivity index (χ1) is 10.1. The maximum atomic E-state index is 11.8. The van der Waals surface area contributed by atoms with E-state index in [0.29, 0.717) is 13.0 Å². The molecule has 21 heavy (non-hydrogen) atoms. The van der Waals surface area contributed by atoms with Crippen LogP contribution in [0.3, 0.4) is 0 Å². The Morgan fingerprint density at radius 3 is 2.43 bits per heavy atom. The minimum atomic E-state index is 0.107. The maximum Gasteiger partial charge on any atom is 0.226 e. The molecule has 0 heterocycles. The Morgan fingerprint density at radius 2 is 1.81 bits per heavy atom. The van der Waals surface area contributed by atoms with Crippen LogP contribution in [0.2, 0.25) is 0 Å². The Kier molecular flexibility index (Phi) is 4.99. The smallest absolute Gasteiger partial charge is 0.226 e. The maximum absolute atomic E-state index is 11.8. The summed E-state index contributed by atoms with van der Waals surface area (Å²) >= 11 is 0. The van der Waals surface area contributed by atoms with E-state index < -0.39 is 0 Å². The van der Waals surface area contributed by atoms with Gasteiger partial charge < -0.3 is 9.64 Å². The fraction of sp³-hybridized carbons (Fsp3) is 0.278. The summed E-state index contributed by atoms with van der Waals surface area (Å²) in [5.41, 5.74) is 3.26. The highest BCUT2D eigenvalue weighted by molar-refractivity contribution is 5.78. The highest BCUT2D eigenvalue weighted by Crippen LogP contribution is 2.19. The Labute approximate surface area is 126 Å². The van der Waals surface area contributed by atoms with Crippen LogP contribution in [0.4, 0.5) is 0 Å². The second-order valence-corrected chi connectivity index (χ2v) is 5.33. The number of hydrogen-bond acceptors (Lipinski definition) is 2. The number of aryl methyl sites for hydroxylation is 1. The summed E-state index contributed by atoms with van der Waals surface area (Å²) in [6, 6.07) is 15.9. The number of carbonyl (C=O) groups excluding carboxylic acids is 1. The van der Waals surface area contributed by atoms with Gasteiger partial charge in [-0.15, -0.1) is 0 Å². The van der Waals surface area contributed by atoms with Crippen LogP contribution < -0.4 is 4.74 Å². The van der Waals surface area contributed by atoms with Crippen molar-refractivity contribution in [2.24, 2.45) is 0 Å². The van der Waals surface area contributed by atoms with Crippen LogP contribution in [0, 0.1) is 6.92 Å². The molecule has 110 valence electrons. The Morgan fingerprint density at radius 1 is 1.10 bits per heavy atom. The minimum absolute atomic E-state index is 0.107. The van der Waals surface area contributed by atoms with Gasteiger partial charge >= 0.3 is 0 Å². The highest BCUT2D eigenvalue weighted by atomic mass is 16.5. The fourth-order valence-electron chi connectivity index (χ4n) is 2.02. The molecule has 0 saturated carbocycles. The van der Waals surface area contributed by atoms with Gasteiger partial charge in [0, 0.05) is 14.1 Å². The number of rotatable bonds is 5. The summed E-state index contributed by atoms with van der Waals surface area (Å²) in [6.45, 7) is 2.56. The van der Waals surface area contributed by atoms with Crippen LogP contribution in [0.1, 0.15) is 16.7 Å². The Bertz CT molecular complexity index is 606. The summed E-state index contributed by atoms with van der Waals surface area (Å²) in [6.07, 6.45) is 0.428. The lowest BCUT2D eigenvalue weighted by molar-refractivity contribution is -0.127. The molecule has 0 N–H and O–H groups in total. The molecule has 0 fully saturated rings. The average Bonchev–Trinajstić information content (AvgIpc) is 2.48. The monoisotopic (exact) mass is 283 g/mol. The molecule has 0 spiro atoms. The van der Waals surface area contributed by atoms with E-state index in [1.165, 1.54) is 0 Å². The first-order valence-corrected chi connectivity index (χ1v) is 7.02. The number of likely N-dealkylation sites (N-methyl/N-ethyl adjacent to an activating group) is 1. The van der Waals surface area contributed by atoms with Gasteiger partial charge in [0.05, 0.1) is 6.42 Å². The van der Waals surface area contributed by atoms with Gasteiger partial charge in [-0.1, -0.05) is 36.4 Å². The molecule has 2 aromatic rings. The molecule has 2 rings (SSSR count). The molecule has 0 atom stereocenters. The lowest BCUT2D eigenvalue weighted by atomic mass is 10.0. The summed E-state index contributed by atoms with van der Waals surface area (Å²) in [4.78, 5) is 13.4. The zero-order valence-electron chi connectivity index (χ0n) is 12.8. The van der Waals surface area contributed by atoms with Crippen molar-refractivity contribution in [1.82, 2.24) is 4.90 Å². The molecule has 0 bridgehead atoms. The first-order valence-electron chi connectivity index (χ1n) is 7.02. The summed E-state index contributed by atoms with van der Waals surface area (Å²) in [5, 5.41) is 0. The van der Waals surface area contributed by atoms with Crippen LogP contribution >= 0.6 is 0 Å². The third-order valence-electron chi connectivity index (χ3n) is 3.40. The van der Waals surface area contributed by atoms with E-state index >= 15 is 0 Å². The molecule has 0 aliphatic carbocycles. The lowest BCUT2D eigenvalue weighted by Crippen LogP contribution is -2.23. The molecule has 0 aliphatic rings. The molecule has 0 radical (unpaired) electrons. The van der Waals surface area contributed by atoms with Gasteiger partial charge in [0.2, 0.25) is 5.91 Å². The second kappa shape index (κ2) is 6.93. The van der Waals surface area contributed by atoms with Crippen molar-refractivity contribution < 1.29 is 9.53 Å². The zero-order valence-corrected chi connectivity index (χ0v) is 12.8. The predicted molar refractivity (Wildman–Crippen MR) is 84.4 cm³/mol. The summed E-state index contributed by atoms with van der Waals surface area (Å²) in [5.74, 6) is 0.938. The van der Waals surface area contributed by atoms with Crippen LogP contribution in [-0.2, 0) is 17.8 Å². The van der Waals surface area contributed by atoms with Crippen molar-refractivity contribution >= 4 is 5.91 Å². The number of amides is 1. The van der Waals surface area contributed by atoms with Gasteiger partial charge in [-0.05, 0) is 35.7 Å². The van der Waals surface area contributed by atoms with Gasteiger partial charge in [0.1, 0.15) is 12.4 Å². The number of carbonyl (C=O) groups is 1. The van der Waals surface area contributed by atoms with E-state index in [-0.39, 0.29) is 5.91 Å². The quantitative estimate of drug-likeness (QED) is 0.843. The van der Waals surface area contributed by atoms with E-state index in [1.807, 2.05) is 55.5 Å². The van der Waals surface area contributed by atoms with Crippen LogP contribution in [-0.4, -0.2) is 24.9 Å². The molecule has 0 aliphatic heterocycles. The summed E-state index contributed by atoms with van der Waals surface area (Å²) < 4.78 is 5.78. The van der Waals surface area contributed by atoms with E-state index in [4.69, 9.17) is 4.74 Å². The molecule has 1 amide bonds. The van der Waals surface area contributed by atoms with Crippen molar-refractivity contribution in [2.75, 3.05) is 14.1 Å². The number of hydrogen-bond donors (Lipinski definition) is 0.